The van der Waals surface area contributed by atoms with Crippen LogP contribution in [0, 0.1) is 18.8 Å². The predicted octanol–water partition coefficient (Wildman–Crippen LogP) is 0.321. The van der Waals surface area contributed by atoms with E-state index in [1.165, 1.54) is 0 Å². The van der Waals surface area contributed by atoms with E-state index in [4.69, 9.17) is 4.52 Å². The number of rotatable bonds is 4. The molecule has 2 aromatic heterocycles. The van der Waals surface area contributed by atoms with Crippen molar-refractivity contribution in [3.63, 3.8) is 0 Å². The molecule has 2 fully saturated rings. The van der Waals surface area contributed by atoms with Crippen LogP contribution in [-0.2, 0) is 18.3 Å². The summed E-state index contributed by atoms with van der Waals surface area (Å²) in [5, 5.41) is 14.5. The van der Waals surface area contributed by atoms with Crippen LogP contribution >= 0.6 is 0 Å². The molecule has 9 nitrogen and oxygen atoms in total. The number of aromatic nitrogens is 4. The minimum absolute atomic E-state index is 0.0306. The molecule has 1 aliphatic heterocycles. The maximum absolute atomic E-state index is 12.6. The zero-order chi connectivity index (χ0) is 18.3. The molecule has 1 saturated carbocycles. The number of amides is 2. The van der Waals surface area contributed by atoms with Crippen LogP contribution in [0.1, 0.15) is 34.7 Å². The van der Waals surface area contributed by atoms with Crippen molar-refractivity contribution in [1.29, 1.82) is 0 Å². The number of likely N-dealkylation sites (tertiary alicyclic amines) is 1. The van der Waals surface area contributed by atoms with Gasteiger partial charge >= 0.3 is 0 Å². The largest absolute Gasteiger partial charge is 0.353 e. The smallest absolute Gasteiger partial charge is 0.292 e. The molecule has 3 atom stereocenters. The summed E-state index contributed by atoms with van der Waals surface area (Å²) in [6.07, 6.45) is 5.39. The number of nitrogens with zero attached hydrogens (tertiary/aromatic N) is 5. The molecule has 0 spiro atoms. The highest BCUT2D eigenvalue weighted by Gasteiger charge is 2.45. The van der Waals surface area contributed by atoms with Crippen LogP contribution in [0.15, 0.2) is 16.9 Å². The molecule has 0 radical (unpaired) electrons. The number of fused-ring (bicyclic) bond motifs is 1. The van der Waals surface area contributed by atoms with Gasteiger partial charge < -0.3 is 14.7 Å². The highest BCUT2D eigenvalue weighted by atomic mass is 16.5. The zero-order valence-corrected chi connectivity index (χ0v) is 14.9. The predicted molar refractivity (Wildman–Crippen MR) is 90.0 cm³/mol. The molecule has 1 aliphatic carbocycles. The van der Waals surface area contributed by atoms with Gasteiger partial charge in [0.25, 0.3) is 5.91 Å². The van der Waals surface area contributed by atoms with Crippen LogP contribution in [0.3, 0.4) is 0 Å². The monoisotopic (exact) mass is 358 g/mol. The van der Waals surface area contributed by atoms with Gasteiger partial charge in [-0.25, -0.2) is 0 Å². The number of hydrogen-bond acceptors (Lipinski definition) is 6. The Morgan fingerprint density at radius 2 is 2.15 bits per heavy atom. The first-order valence-electron chi connectivity index (χ1n) is 8.86. The fraction of sp³-hybridized carbons (Fsp3) is 0.588. The fourth-order valence-electron chi connectivity index (χ4n) is 4.14. The Balaban J connectivity index is 1.37. The normalized spacial score (nSPS) is 24.7. The number of carbonyl (C=O) groups is 2. The van der Waals surface area contributed by atoms with Crippen molar-refractivity contribution < 1.29 is 14.1 Å². The van der Waals surface area contributed by atoms with Crippen molar-refractivity contribution in [1.82, 2.24) is 30.4 Å². The van der Waals surface area contributed by atoms with E-state index in [1.807, 2.05) is 11.8 Å². The summed E-state index contributed by atoms with van der Waals surface area (Å²) in [7, 11) is 1.77. The minimum Gasteiger partial charge on any atom is -0.353 e. The molecule has 26 heavy (non-hydrogen) atoms. The van der Waals surface area contributed by atoms with Crippen molar-refractivity contribution in [2.24, 2.45) is 18.9 Å². The quantitative estimate of drug-likeness (QED) is 0.844. The van der Waals surface area contributed by atoms with Crippen molar-refractivity contribution in [2.75, 3.05) is 13.1 Å². The average molecular weight is 358 g/mol. The minimum atomic E-state index is -0.111. The Kier molecular flexibility index (Phi) is 4.21. The average Bonchev–Trinajstić information content (AvgIpc) is 3.35. The second kappa shape index (κ2) is 6.54. The van der Waals surface area contributed by atoms with Crippen LogP contribution in [0.25, 0.3) is 0 Å². The lowest BCUT2D eigenvalue weighted by molar-refractivity contribution is -0.121. The summed E-state index contributed by atoms with van der Waals surface area (Å²) in [5.41, 5.74) is 1.53. The first kappa shape index (κ1) is 16.7. The summed E-state index contributed by atoms with van der Waals surface area (Å²) < 4.78 is 6.70. The molecule has 2 aliphatic rings. The van der Waals surface area contributed by atoms with Gasteiger partial charge in [-0.15, -0.1) is 5.10 Å². The molecule has 4 rings (SSSR count). The van der Waals surface area contributed by atoms with E-state index < -0.39 is 0 Å². The lowest BCUT2D eigenvalue weighted by Crippen LogP contribution is -2.41. The van der Waals surface area contributed by atoms with Gasteiger partial charge in [-0.1, -0.05) is 10.4 Å². The van der Waals surface area contributed by atoms with E-state index in [2.05, 4.69) is 20.8 Å². The molecule has 3 heterocycles. The second-order valence-corrected chi connectivity index (χ2v) is 7.25. The number of nitrogens with one attached hydrogen (secondary N) is 1. The Bertz CT molecular complexity index is 828. The van der Waals surface area contributed by atoms with E-state index in [0.29, 0.717) is 24.8 Å². The summed E-state index contributed by atoms with van der Waals surface area (Å²) in [5.74, 6) is 0.883. The van der Waals surface area contributed by atoms with Crippen LogP contribution in [0.4, 0.5) is 0 Å². The second-order valence-electron chi connectivity index (χ2n) is 7.25. The molecular formula is C17H22N6O3. The topological polar surface area (TPSA) is 106 Å². The lowest BCUT2D eigenvalue weighted by atomic mass is 9.97. The lowest BCUT2D eigenvalue weighted by Gasteiger charge is -2.21. The van der Waals surface area contributed by atoms with E-state index >= 15 is 0 Å². The highest BCUT2D eigenvalue weighted by Crippen LogP contribution is 2.38. The molecular weight excluding hydrogens is 336 g/mol. The van der Waals surface area contributed by atoms with Gasteiger partial charge in [-0.2, -0.15) is 0 Å². The van der Waals surface area contributed by atoms with Crippen molar-refractivity contribution >= 4 is 11.8 Å². The van der Waals surface area contributed by atoms with Gasteiger partial charge in [-0.05, 0) is 25.7 Å². The molecule has 0 bridgehead atoms. The van der Waals surface area contributed by atoms with Crippen molar-refractivity contribution in [3.8, 4) is 0 Å². The van der Waals surface area contributed by atoms with Gasteiger partial charge in [-0.3, -0.25) is 14.3 Å². The third kappa shape index (κ3) is 2.97. The molecule has 2 amide bonds. The van der Waals surface area contributed by atoms with Crippen LogP contribution in [-0.4, -0.2) is 56.0 Å². The molecule has 2 aromatic rings. The van der Waals surface area contributed by atoms with Gasteiger partial charge in [0.1, 0.15) is 0 Å². The van der Waals surface area contributed by atoms with Gasteiger partial charge in [0.05, 0.1) is 24.5 Å². The molecule has 3 unspecified atom stereocenters. The number of hydrogen-bond donors (Lipinski definition) is 1. The zero-order valence-electron chi connectivity index (χ0n) is 14.9. The highest BCUT2D eigenvalue weighted by molar-refractivity contribution is 5.92. The van der Waals surface area contributed by atoms with Crippen molar-refractivity contribution in [2.45, 2.75) is 32.2 Å². The molecule has 0 aromatic carbocycles. The Morgan fingerprint density at radius 3 is 2.85 bits per heavy atom. The maximum Gasteiger partial charge on any atom is 0.292 e. The molecule has 1 saturated heterocycles. The van der Waals surface area contributed by atoms with Crippen LogP contribution in [0.2, 0.25) is 0 Å². The third-order valence-corrected chi connectivity index (χ3v) is 5.58. The maximum atomic E-state index is 12.6. The summed E-state index contributed by atoms with van der Waals surface area (Å²) >= 11 is 0. The molecule has 1 N–H and O–H groups in total. The van der Waals surface area contributed by atoms with E-state index in [0.717, 1.165) is 24.1 Å². The van der Waals surface area contributed by atoms with Gasteiger partial charge in [0.2, 0.25) is 11.7 Å². The number of aryl methyl sites for hydroxylation is 2. The van der Waals surface area contributed by atoms with Crippen molar-refractivity contribution in [3.05, 3.63) is 29.4 Å². The molecule has 9 heteroatoms. The Labute approximate surface area is 150 Å². The van der Waals surface area contributed by atoms with Gasteiger partial charge in [0.15, 0.2) is 0 Å². The van der Waals surface area contributed by atoms with Crippen LogP contribution in [0.5, 0.6) is 0 Å². The first-order chi connectivity index (χ1) is 12.5. The van der Waals surface area contributed by atoms with E-state index in [1.54, 1.807) is 24.1 Å². The summed E-state index contributed by atoms with van der Waals surface area (Å²) in [4.78, 5) is 26.8. The Morgan fingerprint density at radius 1 is 1.31 bits per heavy atom. The van der Waals surface area contributed by atoms with E-state index in [9.17, 15) is 9.59 Å². The molecule has 138 valence electrons. The first-order valence-corrected chi connectivity index (χ1v) is 8.86. The van der Waals surface area contributed by atoms with E-state index in [-0.39, 0.29) is 30.2 Å². The SMILES string of the molecule is Cc1cnoc1C(=O)N1CC2CCC(NC(=O)Cc3cnnn3C)C2C1. The summed E-state index contributed by atoms with van der Waals surface area (Å²) in [6, 6.07) is 0.0994. The summed E-state index contributed by atoms with van der Waals surface area (Å²) in [6.45, 7) is 3.17. The van der Waals surface area contributed by atoms with Crippen LogP contribution < -0.4 is 5.32 Å². The third-order valence-electron chi connectivity index (χ3n) is 5.58. The fourth-order valence-corrected chi connectivity index (χ4v) is 4.14. The van der Waals surface area contributed by atoms with Gasteiger partial charge in [0, 0.05) is 37.7 Å². The Hall–Kier alpha value is -2.71. The standard InChI is InChI=1S/C17H22N6O3/c1-10-6-19-26-16(10)17(25)23-8-11-3-4-14(13(11)9-23)20-15(24)5-12-7-18-21-22(12)2/h6-7,11,13-14H,3-5,8-9H2,1-2H3,(H,20,24). The number of carbonyl (C=O) groups excluding carboxylic acids is 2.